The zero-order valence-corrected chi connectivity index (χ0v) is 16.5. The molecule has 0 fully saturated rings. The van der Waals surface area contributed by atoms with Crippen LogP contribution in [0.3, 0.4) is 0 Å². The summed E-state index contributed by atoms with van der Waals surface area (Å²) in [6, 6.07) is 12.0. The van der Waals surface area contributed by atoms with E-state index < -0.39 is 5.91 Å². The van der Waals surface area contributed by atoms with Gasteiger partial charge in [0, 0.05) is 29.4 Å². The minimum Gasteiger partial charge on any atom is -0.489 e. The zero-order valence-electron chi connectivity index (χ0n) is 16.5. The first-order valence-electron chi connectivity index (χ1n) is 9.55. The first kappa shape index (κ1) is 20.4. The number of nitrogens with two attached hydrogens (primary N) is 1. The number of H-pyrrole nitrogens is 1. The Bertz CT molecular complexity index is 1060. The van der Waals surface area contributed by atoms with Crippen LogP contribution in [0, 0.1) is 0 Å². The van der Waals surface area contributed by atoms with Gasteiger partial charge in [0.15, 0.2) is 0 Å². The quantitative estimate of drug-likeness (QED) is 0.506. The van der Waals surface area contributed by atoms with E-state index in [-0.39, 0.29) is 17.1 Å². The van der Waals surface area contributed by atoms with Gasteiger partial charge in [0.1, 0.15) is 17.9 Å². The maximum atomic E-state index is 12.8. The third-order valence-electron chi connectivity index (χ3n) is 4.36. The number of nitrogen functional groups attached to an aromatic ring is 1. The number of anilines is 2. The van der Waals surface area contributed by atoms with E-state index in [1.54, 1.807) is 36.4 Å². The molecule has 2 aromatic carbocycles. The topological polar surface area (TPSA) is 106 Å². The number of carbonyl (C=O) groups is 1. The number of pyridine rings is 1. The third-order valence-corrected chi connectivity index (χ3v) is 4.36. The minimum atomic E-state index is -0.539. The van der Waals surface area contributed by atoms with Crippen LogP contribution < -0.4 is 21.2 Å². The summed E-state index contributed by atoms with van der Waals surface area (Å²) in [7, 11) is 0. The highest BCUT2D eigenvalue weighted by atomic mass is 16.5. The Balaban J connectivity index is 1.80. The monoisotopic (exact) mass is 395 g/mol. The van der Waals surface area contributed by atoms with E-state index in [4.69, 9.17) is 15.2 Å². The maximum Gasteiger partial charge on any atom is 0.261 e. The summed E-state index contributed by atoms with van der Waals surface area (Å²) in [5, 5.41) is 3.19. The summed E-state index contributed by atoms with van der Waals surface area (Å²) in [5.74, 6) is -0.0838. The summed E-state index contributed by atoms with van der Waals surface area (Å²) in [5.41, 5.74) is 7.07. The van der Waals surface area contributed by atoms with Crippen LogP contribution in [0.25, 0.3) is 10.9 Å². The number of aromatic nitrogens is 1. The van der Waals surface area contributed by atoms with Gasteiger partial charge >= 0.3 is 0 Å². The Morgan fingerprint density at radius 1 is 1.24 bits per heavy atom. The number of ether oxygens (including phenoxy) is 2. The number of benzene rings is 2. The summed E-state index contributed by atoms with van der Waals surface area (Å²) < 4.78 is 11.4. The molecule has 3 rings (SSSR count). The second-order valence-electron chi connectivity index (χ2n) is 6.78. The molecule has 0 aliphatic heterocycles. The van der Waals surface area contributed by atoms with Crippen molar-refractivity contribution in [2.75, 3.05) is 24.3 Å². The number of carbonyl (C=O) groups excluding carboxylic acids is 1. The van der Waals surface area contributed by atoms with Crippen LogP contribution in [-0.2, 0) is 4.74 Å². The highest BCUT2D eigenvalue weighted by Gasteiger charge is 2.16. The highest BCUT2D eigenvalue weighted by molar-refractivity contribution is 6.06. The molecular formula is C22H25N3O4. The van der Waals surface area contributed by atoms with Gasteiger partial charge in [-0.25, -0.2) is 0 Å². The van der Waals surface area contributed by atoms with E-state index in [0.29, 0.717) is 41.2 Å². The van der Waals surface area contributed by atoms with Crippen molar-refractivity contribution in [1.82, 2.24) is 4.98 Å². The van der Waals surface area contributed by atoms with Crippen LogP contribution in [0.2, 0.25) is 0 Å². The zero-order chi connectivity index (χ0) is 20.8. The molecule has 1 unspecified atom stereocenters. The Morgan fingerprint density at radius 2 is 2.03 bits per heavy atom. The van der Waals surface area contributed by atoms with Gasteiger partial charge in [-0.2, -0.15) is 0 Å². The summed E-state index contributed by atoms with van der Waals surface area (Å²) in [4.78, 5) is 28.4. The largest absolute Gasteiger partial charge is 0.489 e. The SMILES string of the molecule is CCCOC(C)COc1ccc(N)cc1NC(=O)c1c[nH]c2ccccc2c1=O. The van der Waals surface area contributed by atoms with E-state index in [1.807, 2.05) is 19.9 Å². The lowest BCUT2D eigenvalue weighted by atomic mass is 10.1. The van der Waals surface area contributed by atoms with Gasteiger partial charge in [0.25, 0.3) is 5.91 Å². The Kier molecular flexibility index (Phi) is 6.51. The fourth-order valence-corrected chi connectivity index (χ4v) is 2.87. The molecule has 0 saturated carbocycles. The molecule has 1 atom stereocenters. The lowest BCUT2D eigenvalue weighted by Gasteiger charge is -2.17. The molecule has 0 aliphatic rings. The second-order valence-corrected chi connectivity index (χ2v) is 6.78. The minimum absolute atomic E-state index is 0.0109. The van der Waals surface area contributed by atoms with E-state index in [2.05, 4.69) is 10.3 Å². The van der Waals surface area contributed by atoms with Gasteiger partial charge in [-0.3, -0.25) is 9.59 Å². The average Bonchev–Trinajstić information content (AvgIpc) is 2.72. The molecule has 0 radical (unpaired) electrons. The van der Waals surface area contributed by atoms with Gasteiger partial charge in [0.2, 0.25) is 5.43 Å². The summed E-state index contributed by atoms with van der Waals surface area (Å²) in [6.45, 7) is 4.93. The predicted octanol–water partition coefficient (Wildman–Crippen LogP) is 3.56. The van der Waals surface area contributed by atoms with E-state index in [1.165, 1.54) is 6.20 Å². The fraction of sp³-hybridized carbons (Fsp3) is 0.273. The molecule has 0 aliphatic carbocycles. The van der Waals surface area contributed by atoms with Crippen LogP contribution >= 0.6 is 0 Å². The first-order chi connectivity index (χ1) is 14.0. The third kappa shape index (κ3) is 4.94. The van der Waals surface area contributed by atoms with Crippen LogP contribution in [0.15, 0.2) is 53.5 Å². The molecule has 1 aromatic heterocycles. The Hall–Kier alpha value is -3.32. The smallest absolute Gasteiger partial charge is 0.261 e. The predicted molar refractivity (Wildman–Crippen MR) is 115 cm³/mol. The maximum absolute atomic E-state index is 12.8. The molecule has 152 valence electrons. The van der Waals surface area contributed by atoms with E-state index >= 15 is 0 Å². The van der Waals surface area contributed by atoms with Crippen LogP contribution in [0.5, 0.6) is 5.75 Å². The van der Waals surface area contributed by atoms with Crippen LogP contribution in [-0.4, -0.2) is 30.2 Å². The molecule has 7 nitrogen and oxygen atoms in total. The molecule has 0 spiro atoms. The van der Waals surface area contributed by atoms with Crippen LogP contribution in [0.1, 0.15) is 30.6 Å². The standard InChI is InChI=1S/C22H25N3O4/c1-3-10-28-14(2)13-29-20-9-8-15(23)11-19(20)25-22(27)17-12-24-18-7-5-4-6-16(18)21(17)26/h4-9,11-12,14H,3,10,13,23H2,1-2H3,(H,24,26)(H,25,27). The van der Waals surface area contributed by atoms with Crippen LogP contribution in [0.4, 0.5) is 11.4 Å². The van der Waals surface area contributed by atoms with Gasteiger partial charge < -0.3 is 25.5 Å². The second kappa shape index (κ2) is 9.25. The van der Waals surface area contributed by atoms with Crippen molar-refractivity contribution in [2.24, 2.45) is 0 Å². The van der Waals surface area contributed by atoms with E-state index in [9.17, 15) is 9.59 Å². The first-order valence-corrected chi connectivity index (χ1v) is 9.55. The number of fused-ring (bicyclic) bond motifs is 1. The lowest BCUT2D eigenvalue weighted by Crippen LogP contribution is -2.23. The molecule has 1 amide bonds. The molecule has 0 bridgehead atoms. The summed E-state index contributed by atoms with van der Waals surface area (Å²) >= 11 is 0. The number of nitrogens with one attached hydrogen (secondary N) is 2. The van der Waals surface area contributed by atoms with Crippen molar-refractivity contribution in [3.05, 3.63) is 64.4 Å². The Labute approximate surface area is 168 Å². The number of rotatable bonds is 8. The molecular weight excluding hydrogens is 370 g/mol. The van der Waals surface area contributed by atoms with Crippen molar-refractivity contribution in [3.8, 4) is 5.75 Å². The number of hydrogen-bond donors (Lipinski definition) is 3. The normalized spacial score (nSPS) is 11.9. The lowest BCUT2D eigenvalue weighted by molar-refractivity contribution is 0.0329. The molecule has 1 heterocycles. The number of hydrogen-bond acceptors (Lipinski definition) is 5. The summed E-state index contributed by atoms with van der Waals surface area (Å²) in [6.07, 6.45) is 2.24. The van der Waals surface area contributed by atoms with Gasteiger partial charge in [0.05, 0.1) is 11.8 Å². The highest BCUT2D eigenvalue weighted by Crippen LogP contribution is 2.27. The van der Waals surface area contributed by atoms with Gasteiger partial charge in [-0.05, 0) is 43.7 Å². The van der Waals surface area contributed by atoms with E-state index in [0.717, 1.165) is 6.42 Å². The fourth-order valence-electron chi connectivity index (χ4n) is 2.87. The molecule has 29 heavy (non-hydrogen) atoms. The number of para-hydroxylation sites is 1. The van der Waals surface area contributed by atoms with Crippen molar-refractivity contribution < 1.29 is 14.3 Å². The van der Waals surface area contributed by atoms with Crippen molar-refractivity contribution in [3.63, 3.8) is 0 Å². The molecule has 0 saturated heterocycles. The van der Waals surface area contributed by atoms with Crippen molar-refractivity contribution in [2.45, 2.75) is 26.4 Å². The van der Waals surface area contributed by atoms with Crippen molar-refractivity contribution in [1.29, 1.82) is 0 Å². The van der Waals surface area contributed by atoms with Gasteiger partial charge in [-0.15, -0.1) is 0 Å². The number of aromatic amines is 1. The van der Waals surface area contributed by atoms with Crippen molar-refractivity contribution >= 4 is 28.2 Å². The molecule has 7 heteroatoms. The molecule has 3 aromatic rings. The average molecular weight is 395 g/mol. The Morgan fingerprint density at radius 3 is 2.83 bits per heavy atom. The number of amides is 1. The molecule has 4 N–H and O–H groups in total. The van der Waals surface area contributed by atoms with Gasteiger partial charge in [-0.1, -0.05) is 19.1 Å².